The molecular weight excluding hydrogens is 396 g/mol. The predicted molar refractivity (Wildman–Crippen MR) is 109 cm³/mol. The molecule has 0 amide bonds. The summed E-state index contributed by atoms with van der Waals surface area (Å²) in [6.07, 6.45) is -0.403. The minimum atomic E-state index is -2.69. The number of aliphatic carboxylic acids is 1. The molecule has 25 heavy (non-hydrogen) atoms. The van der Waals surface area contributed by atoms with Crippen LogP contribution in [-0.2, 0) is 9.22 Å². The number of rotatable bonds is 7. The van der Waals surface area contributed by atoms with Gasteiger partial charge in [0.15, 0.2) is 0 Å². The van der Waals surface area contributed by atoms with E-state index in [9.17, 15) is 9.90 Å². The maximum atomic E-state index is 11.3. The van der Waals surface area contributed by atoms with Gasteiger partial charge in [-0.1, -0.05) is 97.4 Å². The smallest absolute Gasteiger partial charge is 0.305 e. The molecule has 3 nitrogen and oxygen atoms in total. The van der Waals surface area contributed by atoms with Crippen molar-refractivity contribution in [2.24, 2.45) is 0 Å². The Morgan fingerprint density at radius 3 is 1.80 bits per heavy atom. The van der Waals surface area contributed by atoms with E-state index in [-0.39, 0.29) is 17.6 Å². The molecule has 0 aliphatic carbocycles. The van der Waals surface area contributed by atoms with Crippen LogP contribution >= 0.6 is 15.9 Å². The summed E-state index contributed by atoms with van der Waals surface area (Å²) in [7, 11) is -2.69. The van der Waals surface area contributed by atoms with E-state index in [1.807, 2.05) is 36.4 Å². The fourth-order valence-electron chi connectivity index (χ4n) is 3.26. The number of carbonyl (C=O) groups is 1. The van der Waals surface area contributed by atoms with Crippen molar-refractivity contribution in [1.29, 1.82) is 0 Å². The van der Waals surface area contributed by atoms with Crippen molar-refractivity contribution < 1.29 is 14.3 Å². The lowest BCUT2D eigenvalue weighted by atomic mass is 10.2. The summed E-state index contributed by atoms with van der Waals surface area (Å²) >= 11 is 3.44. The summed E-state index contributed by atoms with van der Waals surface area (Å²) in [6, 6.07) is 20.5. The Morgan fingerprint density at radius 2 is 1.48 bits per heavy atom. The predicted octanol–water partition coefficient (Wildman–Crippen LogP) is 3.80. The Morgan fingerprint density at radius 1 is 1.04 bits per heavy atom. The van der Waals surface area contributed by atoms with Crippen molar-refractivity contribution in [3.05, 3.63) is 60.7 Å². The molecule has 5 heteroatoms. The molecular formula is C20H25BrO3Si. The van der Waals surface area contributed by atoms with Crippen molar-refractivity contribution in [3.8, 4) is 0 Å². The minimum Gasteiger partial charge on any atom is -0.481 e. The third-order valence-corrected chi connectivity index (χ3v) is 10.1. The number of hydrogen-bond acceptors (Lipinski definition) is 2. The minimum absolute atomic E-state index is 0.0181. The first-order chi connectivity index (χ1) is 11.8. The average molecular weight is 421 g/mol. The van der Waals surface area contributed by atoms with Gasteiger partial charge in [-0.15, -0.1) is 0 Å². The van der Waals surface area contributed by atoms with E-state index in [0.717, 1.165) is 10.4 Å². The van der Waals surface area contributed by atoms with Gasteiger partial charge in [0.25, 0.3) is 8.32 Å². The normalized spacial score (nSPS) is 13.4. The Balaban J connectivity index is 2.66. The first-order valence-electron chi connectivity index (χ1n) is 8.38. The molecule has 0 unspecified atom stereocenters. The maximum absolute atomic E-state index is 11.3. The summed E-state index contributed by atoms with van der Waals surface area (Å²) in [5, 5.41) is 11.9. The SMILES string of the molecule is CC(C)(C)[Si](O[C@H](CBr)CC(=O)O)(c1ccccc1)c1ccccc1. The van der Waals surface area contributed by atoms with Gasteiger partial charge in [-0.05, 0) is 15.4 Å². The average Bonchev–Trinajstić information content (AvgIpc) is 2.58. The largest absolute Gasteiger partial charge is 0.481 e. The molecule has 0 saturated carbocycles. The van der Waals surface area contributed by atoms with E-state index in [0.29, 0.717) is 5.33 Å². The number of benzene rings is 2. The quantitative estimate of drug-likeness (QED) is 0.547. The van der Waals surface area contributed by atoms with Crippen LogP contribution in [0.4, 0.5) is 0 Å². The van der Waals surface area contributed by atoms with Crippen LogP contribution in [0.1, 0.15) is 27.2 Å². The molecule has 0 aliphatic rings. The van der Waals surface area contributed by atoms with Crippen LogP contribution in [0.25, 0.3) is 0 Å². The third kappa shape index (κ3) is 4.40. The molecule has 2 rings (SSSR count). The van der Waals surface area contributed by atoms with Gasteiger partial charge in [-0.3, -0.25) is 4.79 Å². The van der Waals surface area contributed by atoms with Crippen molar-refractivity contribution >= 4 is 40.6 Å². The highest BCUT2D eigenvalue weighted by molar-refractivity contribution is 9.09. The molecule has 0 heterocycles. The van der Waals surface area contributed by atoms with Crippen LogP contribution < -0.4 is 10.4 Å². The second-order valence-electron chi connectivity index (χ2n) is 7.16. The number of halogens is 1. The molecule has 1 N–H and O–H groups in total. The third-order valence-electron chi connectivity index (χ3n) is 4.33. The first-order valence-corrected chi connectivity index (χ1v) is 11.4. The molecule has 1 atom stereocenters. The van der Waals surface area contributed by atoms with E-state index in [1.54, 1.807) is 0 Å². The summed E-state index contributed by atoms with van der Waals surface area (Å²) < 4.78 is 6.75. The molecule has 0 spiro atoms. The zero-order valence-electron chi connectivity index (χ0n) is 14.9. The van der Waals surface area contributed by atoms with Gasteiger partial charge in [0.2, 0.25) is 0 Å². The van der Waals surface area contributed by atoms with E-state index in [1.165, 1.54) is 0 Å². The second-order valence-corrected chi connectivity index (χ2v) is 12.1. The van der Waals surface area contributed by atoms with E-state index < -0.39 is 14.3 Å². The summed E-state index contributed by atoms with van der Waals surface area (Å²) in [5.41, 5.74) is 0. The fraction of sp³-hybridized carbons (Fsp3) is 0.350. The molecule has 0 aromatic heterocycles. The molecule has 134 valence electrons. The number of hydrogen-bond donors (Lipinski definition) is 1. The molecule has 0 radical (unpaired) electrons. The van der Waals surface area contributed by atoms with Crippen LogP contribution in [0.2, 0.25) is 5.04 Å². The number of carboxylic acids is 1. The Bertz CT molecular complexity index is 644. The van der Waals surface area contributed by atoms with E-state index in [2.05, 4.69) is 61.0 Å². The summed E-state index contributed by atoms with van der Waals surface area (Å²) in [4.78, 5) is 11.3. The van der Waals surface area contributed by atoms with Crippen LogP contribution in [-0.4, -0.2) is 30.8 Å². The number of carboxylic acid groups (broad SMARTS) is 1. The lowest BCUT2D eigenvalue weighted by Gasteiger charge is -2.44. The van der Waals surface area contributed by atoms with E-state index in [4.69, 9.17) is 4.43 Å². The highest BCUT2D eigenvalue weighted by Crippen LogP contribution is 2.37. The monoisotopic (exact) mass is 420 g/mol. The highest BCUT2D eigenvalue weighted by Gasteiger charge is 2.51. The molecule has 0 fully saturated rings. The summed E-state index contributed by atoms with van der Waals surface area (Å²) in [6.45, 7) is 6.56. The van der Waals surface area contributed by atoms with Gasteiger partial charge in [0.05, 0.1) is 12.5 Å². The highest BCUT2D eigenvalue weighted by atomic mass is 79.9. The van der Waals surface area contributed by atoms with Gasteiger partial charge >= 0.3 is 5.97 Å². The Kier molecular flexibility index (Phi) is 6.60. The first kappa shape index (κ1) is 19.9. The standard InChI is InChI=1S/C20H25BrO3Si/c1-20(2,3)25(17-10-6-4-7-11-17,18-12-8-5-9-13-18)24-16(15-21)14-19(22)23/h4-13,16H,14-15H2,1-3H3,(H,22,23)/t16-/m0/s1. The number of alkyl halides is 1. The van der Waals surface area contributed by atoms with Crippen LogP contribution in [0, 0.1) is 0 Å². The molecule has 0 aliphatic heterocycles. The van der Waals surface area contributed by atoms with Gasteiger partial charge < -0.3 is 9.53 Å². The molecule has 0 saturated heterocycles. The van der Waals surface area contributed by atoms with Crippen molar-refractivity contribution in [2.75, 3.05) is 5.33 Å². The lowest BCUT2D eigenvalue weighted by molar-refractivity contribution is -0.138. The van der Waals surface area contributed by atoms with Crippen LogP contribution in [0.3, 0.4) is 0 Å². The topological polar surface area (TPSA) is 46.5 Å². The molecule has 0 bridgehead atoms. The maximum Gasteiger partial charge on any atom is 0.305 e. The van der Waals surface area contributed by atoms with Gasteiger partial charge in [0, 0.05) is 5.33 Å². The van der Waals surface area contributed by atoms with Gasteiger partial charge in [-0.25, -0.2) is 0 Å². The molecule has 2 aromatic rings. The van der Waals surface area contributed by atoms with Crippen LogP contribution in [0.5, 0.6) is 0 Å². The van der Waals surface area contributed by atoms with E-state index >= 15 is 0 Å². The van der Waals surface area contributed by atoms with Crippen molar-refractivity contribution in [3.63, 3.8) is 0 Å². The fourth-order valence-corrected chi connectivity index (χ4v) is 8.55. The lowest BCUT2D eigenvalue weighted by Crippen LogP contribution is -2.68. The Hall–Kier alpha value is -1.43. The summed E-state index contributed by atoms with van der Waals surface area (Å²) in [5.74, 6) is -0.845. The Labute approximate surface area is 159 Å². The zero-order valence-corrected chi connectivity index (χ0v) is 17.5. The second kappa shape index (κ2) is 8.30. The van der Waals surface area contributed by atoms with Gasteiger partial charge in [0.1, 0.15) is 0 Å². The van der Waals surface area contributed by atoms with Crippen molar-refractivity contribution in [2.45, 2.75) is 38.3 Å². The van der Waals surface area contributed by atoms with Gasteiger partial charge in [-0.2, -0.15) is 0 Å². The van der Waals surface area contributed by atoms with Crippen molar-refractivity contribution in [1.82, 2.24) is 0 Å². The zero-order chi connectivity index (χ0) is 18.5. The van der Waals surface area contributed by atoms with Crippen LogP contribution in [0.15, 0.2) is 60.7 Å². The molecule has 2 aromatic carbocycles.